The highest BCUT2D eigenvalue weighted by Gasteiger charge is 2.38. The first-order valence-corrected chi connectivity index (χ1v) is 9.81. The molecule has 3 rings (SSSR count). The van der Waals surface area contributed by atoms with Gasteiger partial charge >= 0.3 is 6.18 Å². The number of nitrogens with zero attached hydrogens (tertiary/aromatic N) is 2. The number of rotatable bonds is 8. The number of amides is 1. The maximum atomic E-state index is 13.1. The molecule has 1 saturated carbocycles. The van der Waals surface area contributed by atoms with Gasteiger partial charge in [-0.3, -0.25) is 9.48 Å². The number of halogens is 3. The molecule has 164 valence electrons. The Bertz CT molecular complexity index is 907. The summed E-state index contributed by atoms with van der Waals surface area (Å²) in [5, 5.41) is 6.63. The van der Waals surface area contributed by atoms with Gasteiger partial charge in [0.2, 0.25) is 5.91 Å². The number of hydrogen-bond acceptors (Lipinski definition) is 4. The second-order valence-corrected chi connectivity index (χ2v) is 7.65. The van der Waals surface area contributed by atoms with Crippen LogP contribution in [0, 0.1) is 5.92 Å². The van der Waals surface area contributed by atoms with Crippen molar-refractivity contribution in [2.75, 3.05) is 14.2 Å². The molecule has 0 spiro atoms. The van der Waals surface area contributed by atoms with Gasteiger partial charge in [-0.2, -0.15) is 18.3 Å². The lowest BCUT2D eigenvalue weighted by molar-refractivity contribution is -0.141. The highest BCUT2D eigenvalue weighted by molar-refractivity contribution is 5.78. The van der Waals surface area contributed by atoms with Gasteiger partial charge in [-0.25, -0.2) is 0 Å². The molecule has 0 radical (unpaired) electrons. The molecule has 1 aromatic carbocycles. The summed E-state index contributed by atoms with van der Waals surface area (Å²) in [6.07, 6.45) is -2.82. The highest BCUT2D eigenvalue weighted by Crippen LogP contribution is 2.42. The lowest BCUT2D eigenvalue weighted by Gasteiger charge is -2.21. The molecular weight excluding hydrogens is 399 g/mol. The van der Waals surface area contributed by atoms with Crippen LogP contribution in [0.25, 0.3) is 0 Å². The van der Waals surface area contributed by atoms with E-state index < -0.39 is 17.8 Å². The first-order valence-electron chi connectivity index (χ1n) is 9.81. The van der Waals surface area contributed by atoms with Crippen LogP contribution in [0.4, 0.5) is 13.2 Å². The van der Waals surface area contributed by atoms with Gasteiger partial charge in [-0.1, -0.05) is 6.92 Å². The number of methoxy groups -OCH3 is 2. The molecule has 2 atom stereocenters. The molecule has 1 aromatic heterocycles. The van der Waals surface area contributed by atoms with Crippen molar-refractivity contribution in [1.82, 2.24) is 15.1 Å². The van der Waals surface area contributed by atoms with Gasteiger partial charge in [-0.05, 0) is 44.0 Å². The zero-order valence-corrected chi connectivity index (χ0v) is 17.4. The van der Waals surface area contributed by atoms with Gasteiger partial charge in [-0.15, -0.1) is 0 Å². The molecule has 6 nitrogen and oxygen atoms in total. The van der Waals surface area contributed by atoms with Crippen molar-refractivity contribution in [3.63, 3.8) is 0 Å². The topological polar surface area (TPSA) is 65.4 Å². The van der Waals surface area contributed by atoms with Crippen LogP contribution in [0.2, 0.25) is 0 Å². The molecule has 1 heterocycles. The van der Waals surface area contributed by atoms with E-state index in [1.165, 1.54) is 11.8 Å². The molecule has 2 aromatic rings. The van der Waals surface area contributed by atoms with E-state index in [0.29, 0.717) is 17.2 Å². The number of hydrogen-bond donors (Lipinski definition) is 1. The van der Waals surface area contributed by atoms with E-state index in [0.717, 1.165) is 24.5 Å². The Morgan fingerprint density at radius 1 is 1.23 bits per heavy atom. The van der Waals surface area contributed by atoms with Gasteiger partial charge in [0.15, 0.2) is 5.69 Å². The Morgan fingerprint density at radius 3 is 2.50 bits per heavy atom. The fourth-order valence-electron chi connectivity index (χ4n) is 3.38. The highest BCUT2D eigenvalue weighted by atomic mass is 19.4. The molecule has 1 N–H and O–H groups in total. The van der Waals surface area contributed by atoms with Crippen molar-refractivity contribution in [2.45, 2.75) is 51.4 Å². The number of benzene rings is 1. The van der Waals surface area contributed by atoms with E-state index in [-0.39, 0.29) is 24.4 Å². The maximum Gasteiger partial charge on any atom is 0.435 e. The lowest BCUT2D eigenvalue weighted by atomic mass is 10.0. The Morgan fingerprint density at radius 2 is 1.93 bits per heavy atom. The van der Waals surface area contributed by atoms with Crippen molar-refractivity contribution >= 4 is 5.91 Å². The number of nitrogens with one attached hydrogen (secondary N) is 1. The Hall–Kier alpha value is -2.71. The number of ether oxygens (including phenoxy) is 2. The van der Waals surface area contributed by atoms with Gasteiger partial charge in [0.25, 0.3) is 0 Å². The van der Waals surface area contributed by atoms with Crippen LogP contribution in [0.1, 0.15) is 55.6 Å². The molecule has 9 heteroatoms. The van der Waals surface area contributed by atoms with E-state index in [1.807, 2.05) is 6.92 Å². The Labute approximate surface area is 173 Å². The predicted molar refractivity (Wildman–Crippen MR) is 104 cm³/mol. The van der Waals surface area contributed by atoms with Crippen LogP contribution in [0.3, 0.4) is 0 Å². The van der Waals surface area contributed by atoms with E-state index in [2.05, 4.69) is 10.4 Å². The summed E-state index contributed by atoms with van der Waals surface area (Å²) in [4.78, 5) is 12.7. The molecule has 0 saturated heterocycles. The van der Waals surface area contributed by atoms with Crippen LogP contribution < -0.4 is 14.8 Å². The number of aromatic nitrogens is 2. The van der Waals surface area contributed by atoms with Crippen LogP contribution >= 0.6 is 0 Å². The molecule has 30 heavy (non-hydrogen) atoms. The standard InChI is InChI=1S/C21H26F3N3O3/c1-12(11-27-17(14-5-6-14)10-19(26-27)21(22,23)24)20(28)25-13(2)16-9-15(29-3)7-8-18(16)30-4/h7-10,12-14H,5-6,11H2,1-4H3,(H,25,28). The molecule has 2 unspecified atom stereocenters. The molecule has 0 bridgehead atoms. The van der Waals surface area contributed by atoms with E-state index >= 15 is 0 Å². The summed E-state index contributed by atoms with van der Waals surface area (Å²) >= 11 is 0. The third-order valence-electron chi connectivity index (χ3n) is 5.25. The molecule has 0 aliphatic heterocycles. The maximum absolute atomic E-state index is 13.1. The van der Waals surface area contributed by atoms with Crippen molar-refractivity contribution in [2.24, 2.45) is 5.92 Å². The van der Waals surface area contributed by atoms with Gasteiger partial charge in [0, 0.05) is 17.2 Å². The van der Waals surface area contributed by atoms with E-state index in [9.17, 15) is 18.0 Å². The summed E-state index contributed by atoms with van der Waals surface area (Å²) in [6.45, 7) is 3.57. The fourth-order valence-corrected chi connectivity index (χ4v) is 3.38. The molecule has 1 aliphatic carbocycles. The third kappa shape index (κ3) is 4.88. The summed E-state index contributed by atoms with van der Waals surface area (Å²) in [5.74, 6) is 0.476. The third-order valence-corrected chi connectivity index (χ3v) is 5.25. The van der Waals surface area contributed by atoms with Gasteiger partial charge < -0.3 is 14.8 Å². The van der Waals surface area contributed by atoms with Gasteiger partial charge in [0.05, 0.1) is 32.7 Å². The van der Waals surface area contributed by atoms with Crippen LogP contribution in [0.5, 0.6) is 11.5 Å². The van der Waals surface area contributed by atoms with Crippen LogP contribution in [0.15, 0.2) is 24.3 Å². The summed E-state index contributed by atoms with van der Waals surface area (Å²) in [5.41, 5.74) is 0.380. The lowest BCUT2D eigenvalue weighted by Crippen LogP contribution is -2.34. The van der Waals surface area contributed by atoms with Crippen molar-refractivity contribution in [3.8, 4) is 11.5 Å². The average Bonchev–Trinajstić information content (AvgIpc) is 3.46. The molecule has 1 amide bonds. The second kappa shape index (κ2) is 8.57. The minimum atomic E-state index is -4.50. The van der Waals surface area contributed by atoms with Crippen molar-refractivity contribution < 1.29 is 27.4 Å². The zero-order chi connectivity index (χ0) is 22.1. The van der Waals surface area contributed by atoms with Gasteiger partial charge in [0.1, 0.15) is 11.5 Å². The number of alkyl halides is 3. The van der Waals surface area contributed by atoms with Crippen molar-refractivity contribution in [3.05, 3.63) is 41.2 Å². The first kappa shape index (κ1) is 22.0. The second-order valence-electron chi connectivity index (χ2n) is 7.65. The van der Waals surface area contributed by atoms with Crippen molar-refractivity contribution in [1.29, 1.82) is 0 Å². The smallest absolute Gasteiger partial charge is 0.435 e. The number of carbonyl (C=O) groups excluding carboxylic acids is 1. The summed E-state index contributed by atoms with van der Waals surface area (Å²) in [6, 6.07) is 6.02. The van der Waals surface area contributed by atoms with Crippen LogP contribution in [-0.2, 0) is 17.5 Å². The Balaban J connectivity index is 1.72. The number of carbonyl (C=O) groups is 1. The summed E-state index contributed by atoms with van der Waals surface area (Å²) in [7, 11) is 3.09. The first-order chi connectivity index (χ1) is 14.1. The average molecular weight is 425 g/mol. The molecular formula is C21H26F3N3O3. The summed E-state index contributed by atoms with van der Waals surface area (Å²) < 4.78 is 51.2. The molecule has 1 aliphatic rings. The largest absolute Gasteiger partial charge is 0.497 e. The predicted octanol–water partition coefficient (Wildman–Crippen LogP) is 4.31. The zero-order valence-electron chi connectivity index (χ0n) is 17.4. The van der Waals surface area contributed by atoms with Crippen LogP contribution in [-0.4, -0.2) is 29.9 Å². The minimum absolute atomic E-state index is 0.0791. The van der Waals surface area contributed by atoms with E-state index in [4.69, 9.17) is 9.47 Å². The normalized spacial score (nSPS) is 16.1. The fraction of sp³-hybridized carbons (Fsp3) is 0.524. The quantitative estimate of drug-likeness (QED) is 0.685. The van der Waals surface area contributed by atoms with E-state index in [1.54, 1.807) is 32.2 Å². The SMILES string of the molecule is COc1ccc(OC)c(C(C)NC(=O)C(C)Cn2nc(C(F)(F)F)cc2C2CC2)c1. The minimum Gasteiger partial charge on any atom is -0.497 e. The monoisotopic (exact) mass is 425 g/mol. The Kier molecular flexibility index (Phi) is 6.28. The molecule has 1 fully saturated rings.